The molecule has 2 unspecified atom stereocenters. The zero-order valence-electron chi connectivity index (χ0n) is 10.7. The van der Waals surface area contributed by atoms with Crippen LogP contribution in [0.4, 0.5) is 0 Å². The van der Waals surface area contributed by atoms with Gasteiger partial charge in [-0.2, -0.15) is 0 Å². The first-order valence-corrected chi connectivity index (χ1v) is 9.47. The standard InChI is InChI=1S/C12H24O3Si/c1-4-5-8-16(2,3)15-11-7-6-10(9-11)12(13)14/h10-11H,4-9H2,1-3H3,(H,13,14). The van der Waals surface area contributed by atoms with E-state index in [1.807, 2.05) is 0 Å². The van der Waals surface area contributed by atoms with Gasteiger partial charge >= 0.3 is 5.97 Å². The molecule has 1 aliphatic rings. The van der Waals surface area contributed by atoms with E-state index in [1.54, 1.807) is 0 Å². The lowest BCUT2D eigenvalue weighted by atomic mass is 10.1. The van der Waals surface area contributed by atoms with Gasteiger partial charge in [-0.15, -0.1) is 0 Å². The molecule has 0 aromatic heterocycles. The molecule has 1 rings (SSSR count). The maximum Gasteiger partial charge on any atom is 0.306 e. The van der Waals surface area contributed by atoms with Gasteiger partial charge in [0.25, 0.3) is 0 Å². The molecule has 0 saturated heterocycles. The van der Waals surface area contributed by atoms with Gasteiger partial charge < -0.3 is 9.53 Å². The number of rotatable bonds is 6. The summed E-state index contributed by atoms with van der Waals surface area (Å²) in [6.45, 7) is 6.69. The second kappa shape index (κ2) is 5.82. The third kappa shape index (κ3) is 4.26. The van der Waals surface area contributed by atoms with Crippen molar-refractivity contribution in [2.45, 2.75) is 64.3 Å². The molecule has 0 aliphatic heterocycles. The van der Waals surface area contributed by atoms with Crippen molar-refractivity contribution in [3.8, 4) is 0 Å². The minimum atomic E-state index is -1.55. The number of hydrogen-bond acceptors (Lipinski definition) is 2. The highest BCUT2D eigenvalue weighted by molar-refractivity contribution is 6.71. The zero-order valence-corrected chi connectivity index (χ0v) is 11.7. The Bertz CT molecular complexity index is 240. The first-order chi connectivity index (χ1) is 7.44. The minimum Gasteiger partial charge on any atom is -0.481 e. The Balaban J connectivity index is 2.35. The lowest BCUT2D eigenvalue weighted by molar-refractivity contribution is -0.141. The molecule has 0 heterocycles. The number of aliphatic carboxylic acids is 1. The van der Waals surface area contributed by atoms with Crippen LogP contribution in [-0.4, -0.2) is 25.5 Å². The molecule has 16 heavy (non-hydrogen) atoms. The molecular weight excluding hydrogens is 220 g/mol. The largest absolute Gasteiger partial charge is 0.481 e. The van der Waals surface area contributed by atoms with Crippen LogP contribution in [0.25, 0.3) is 0 Å². The average Bonchev–Trinajstić information content (AvgIpc) is 2.62. The molecule has 4 heteroatoms. The van der Waals surface area contributed by atoms with Crippen LogP contribution < -0.4 is 0 Å². The molecule has 3 nitrogen and oxygen atoms in total. The normalized spacial score (nSPS) is 25.9. The highest BCUT2D eigenvalue weighted by atomic mass is 28.4. The molecule has 0 spiro atoms. The van der Waals surface area contributed by atoms with Crippen molar-refractivity contribution in [2.75, 3.05) is 0 Å². The molecule has 0 amide bonds. The van der Waals surface area contributed by atoms with Gasteiger partial charge in [0.05, 0.1) is 5.92 Å². The molecule has 0 aromatic carbocycles. The van der Waals surface area contributed by atoms with E-state index in [2.05, 4.69) is 20.0 Å². The van der Waals surface area contributed by atoms with E-state index in [4.69, 9.17) is 9.53 Å². The monoisotopic (exact) mass is 244 g/mol. The van der Waals surface area contributed by atoms with E-state index >= 15 is 0 Å². The van der Waals surface area contributed by atoms with Gasteiger partial charge in [0.2, 0.25) is 0 Å². The summed E-state index contributed by atoms with van der Waals surface area (Å²) in [5.41, 5.74) is 0. The van der Waals surface area contributed by atoms with Crippen LogP contribution in [0.5, 0.6) is 0 Å². The summed E-state index contributed by atoms with van der Waals surface area (Å²) < 4.78 is 6.16. The molecule has 0 bridgehead atoms. The van der Waals surface area contributed by atoms with Gasteiger partial charge in [-0.25, -0.2) is 0 Å². The lowest BCUT2D eigenvalue weighted by Gasteiger charge is -2.27. The molecular formula is C12H24O3Si. The predicted molar refractivity (Wildman–Crippen MR) is 67.0 cm³/mol. The Labute approximate surface area is 99.3 Å². The summed E-state index contributed by atoms with van der Waals surface area (Å²) in [6, 6.07) is 1.19. The van der Waals surface area contributed by atoms with Crippen LogP contribution in [0.1, 0.15) is 39.0 Å². The van der Waals surface area contributed by atoms with Gasteiger partial charge in [-0.3, -0.25) is 4.79 Å². The van der Waals surface area contributed by atoms with Crippen LogP contribution in [0.2, 0.25) is 19.1 Å². The summed E-state index contributed by atoms with van der Waals surface area (Å²) in [5.74, 6) is -0.819. The quantitative estimate of drug-likeness (QED) is 0.729. The fraction of sp³-hybridized carbons (Fsp3) is 0.917. The third-order valence-corrected chi connectivity index (χ3v) is 5.88. The predicted octanol–water partition coefficient (Wildman–Crippen LogP) is 3.26. The average molecular weight is 244 g/mol. The number of carboxylic acids is 1. The van der Waals surface area contributed by atoms with Crippen LogP contribution in [0.3, 0.4) is 0 Å². The Morgan fingerprint density at radius 1 is 1.44 bits per heavy atom. The SMILES string of the molecule is CCCC[Si](C)(C)OC1CCC(C(=O)O)C1. The summed E-state index contributed by atoms with van der Waals surface area (Å²) in [6.07, 6.45) is 5.09. The third-order valence-electron chi connectivity index (χ3n) is 3.35. The highest BCUT2D eigenvalue weighted by Crippen LogP contribution is 2.31. The topological polar surface area (TPSA) is 46.5 Å². The lowest BCUT2D eigenvalue weighted by Crippen LogP contribution is -2.34. The molecule has 1 aliphatic carbocycles. The Morgan fingerprint density at radius 3 is 2.62 bits per heavy atom. The Morgan fingerprint density at radius 2 is 2.12 bits per heavy atom. The van der Waals surface area contributed by atoms with Crippen LogP contribution in [0, 0.1) is 5.92 Å². The van der Waals surface area contributed by atoms with Gasteiger partial charge in [0.1, 0.15) is 0 Å². The van der Waals surface area contributed by atoms with Crippen molar-refractivity contribution in [2.24, 2.45) is 5.92 Å². The summed E-state index contributed by atoms with van der Waals surface area (Å²) >= 11 is 0. The van der Waals surface area contributed by atoms with E-state index in [9.17, 15) is 4.79 Å². The van der Waals surface area contributed by atoms with Crippen molar-refractivity contribution in [3.63, 3.8) is 0 Å². The molecule has 1 fully saturated rings. The molecule has 0 aromatic rings. The molecule has 0 radical (unpaired) electrons. The first kappa shape index (κ1) is 13.7. The molecule has 1 saturated carbocycles. The first-order valence-electron chi connectivity index (χ1n) is 6.35. The fourth-order valence-electron chi connectivity index (χ4n) is 2.38. The van der Waals surface area contributed by atoms with E-state index in [1.165, 1.54) is 18.9 Å². The van der Waals surface area contributed by atoms with Crippen molar-refractivity contribution in [3.05, 3.63) is 0 Å². The molecule has 1 N–H and O–H groups in total. The number of carbonyl (C=O) groups is 1. The fourth-order valence-corrected chi connectivity index (χ4v) is 4.82. The van der Waals surface area contributed by atoms with Crippen molar-refractivity contribution >= 4 is 14.3 Å². The molecule has 94 valence electrons. The maximum absolute atomic E-state index is 10.8. The van der Waals surface area contributed by atoms with Crippen molar-refractivity contribution in [1.29, 1.82) is 0 Å². The van der Waals surface area contributed by atoms with E-state index < -0.39 is 14.3 Å². The van der Waals surface area contributed by atoms with Crippen LogP contribution in [-0.2, 0) is 9.22 Å². The van der Waals surface area contributed by atoms with Crippen LogP contribution >= 0.6 is 0 Å². The van der Waals surface area contributed by atoms with E-state index in [0.29, 0.717) is 0 Å². The maximum atomic E-state index is 10.8. The summed E-state index contributed by atoms with van der Waals surface area (Å²) in [5, 5.41) is 8.93. The zero-order chi connectivity index (χ0) is 12.2. The van der Waals surface area contributed by atoms with E-state index in [0.717, 1.165) is 19.3 Å². The van der Waals surface area contributed by atoms with Gasteiger partial charge in [0.15, 0.2) is 8.32 Å². The smallest absolute Gasteiger partial charge is 0.306 e. The number of carboxylic acid groups (broad SMARTS) is 1. The summed E-state index contributed by atoms with van der Waals surface area (Å²) in [7, 11) is -1.55. The van der Waals surface area contributed by atoms with Gasteiger partial charge in [-0.1, -0.05) is 19.8 Å². The number of unbranched alkanes of at least 4 members (excludes halogenated alkanes) is 1. The highest BCUT2D eigenvalue weighted by Gasteiger charge is 2.34. The second-order valence-electron chi connectivity index (χ2n) is 5.45. The minimum absolute atomic E-state index is 0.166. The van der Waals surface area contributed by atoms with Crippen molar-refractivity contribution in [1.82, 2.24) is 0 Å². The second-order valence-corrected chi connectivity index (χ2v) is 9.71. The Kier molecular flexibility index (Phi) is 4.99. The van der Waals surface area contributed by atoms with Crippen molar-refractivity contribution < 1.29 is 14.3 Å². The van der Waals surface area contributed by atoms with Gasteiger partial charge in [-0.05, 0) is 38.4 Å². The van der Waals surface area contributed by atoms with Crippen LogP contribution in [0.15, 0.2) is 0 Å². The van der Waals surface area contributed by atoms with E-state index in [-0.39, 0.29) is 12.0 Å². The molecule has 2 atom stereocenters. The Hall–Kier alpha value is -0.353. The summed E-state index contributed by atoms with van der Waals surface area (Å²) in [4.78, 5) is 10.8. The van der Waals surface area contributed by atoms with Gasteiger partial charge in [0, 0.05) is 6.10 Å². The number of hydrogen-bond donors (Lipinski definition) is 1.